The first-order valence-corrected chi connectivity index (χ1v) is 9.55. The molecule has 0 spiro atoms. The van der Waals surface area contributed by atoms with Crippen LogP contribution in [0.3, 0.4) is 0 Å². The average molecular weight is 383 g/mol. The van der Waals surface area contributed by atoms with E-state index in [1.807, 2.05) is 39.9 Å². The lowest BCUT2D eigenvalue weighted by Crippen LogP contribution is -2.38. The smallest absolute Gasteiger partial charge is 0.319 e. The van der Waals surface area contributed by atoms with Gasteiger partial charge in [0.2, 0.25) is 0 Å². The van der Waals surface area contributed by atoms with Gasteiger partial charge in [-0.1, -0.05) is 18.2 Å². The van der Waals surface area contributed by atoms with Crippen molar-refractivity contribution >= 4 is 11.9 Å². The van der Waals surface area contributed by atoms with E-state index in [-0.39, 0.29) is 11.9 Å². The molecule has 3 amide bonds. The Morgan fingerprint density at radius 1 is 1.29 bits per heavy atom. The molecule has 8 nitrogen and oxygen atoms in total. The lowest BCUT2D eigenvalue weighted by molar-refractivity contribution is -0.127. The van der Waals surface area contributed by atoms with Crippen LogP contribution in [0.2, 0.25) is 0 Å². The van der Waals surface area contributed by atoms with E-state index in [0.717, 1.165) is 35.7 Å². The molecule has 1 N–H and O–H groups in total. The molecule has 1 atom stereocenters. The van der Waals surface area contributed by atoms with Crippen molar-refractivity contribution < 1.29 is 14.3 Å². The number of ether oxygens (including phenoxy) is 1. The molecule has 8 heteroatoms. The molecule has 0 bridgehead atoms. The van der Waals surface area contributed by atoms with Crippen molar-refractivity contribution in [1.29, 1.82) is 0 Å². The minimum atomic E-state index is -0.494. The summed E-state index contributed by atoms with van der Waals surface area (Å²) < 4.78 is 7.67. The summed E-state index contributed by atoms with van der Waals surface area (Å²) in [6.07, 6.45) is 0.948. The van der Waals surface area contributed by atoms with Gasteiger partial charge >= 0.3 is 6.03 Å². The number of urea groups is 1. The number of amides is 3. The minimum absolute atomic E-state index is 0.00227. The maximum absolute atomic E-state index is 12.5. The van der Waals surface area contributed by atoms with Crippen LogP contribution in [0, 0.1) is 0 Å². The molecule has 2 aliphatic rings. The summed E-state index contributed by atoms with van der Waals surface area (Å²) in [5, 5.41) is 7.52. The number of carbonyl (C=O) groups is 2. The van der Waals surface area contributed by atoms with Crippen molar-refractivity contribution in [3.8, 4) is 5.75 Å². The van der Waals surface area contributed by atoms with Gasteiger partial charge in [0, 0.05) is 33.6 Å². The maximum Gasteiger partial charge on any atom is 0.319 e. The SMILES string of the molecule is CN(C)C(=O)N1CCCn2nc(CNC(=O)[C@@H]3Cc4ccccc4O3)cc2C1. The van der Waals surface area contributed by atoms with E-state index in [9.17, 15) is 9.59 Å². The first kappa shape index (κ1) is 18.3. The summed E-state index contributed by atoms with van der Waals surface area (Å²) in [5.74, 6) is 0.644. The predicted molar refractivity (Wildman–Crippen MR) is 103 cm³/mol. The van der Waals surface area contributed by atoms with Gasteiger partial charge in [-0.3, -0.25) is 9.48 Å². The number of benzene rings is 1. The second-order valence-corrected chi connectivity index (χ2v) is 7.44. The number of hydrogen-bond acceptors (Lipinski definition) is 4. The largest absolute Gasteiger partial charge is 0.480 e. The predicted octanol–water partition coefficient (Wildman–Crippen LogP) is 1.39. The third-order valence-electron chi connectivity index (χ3n) is 5.10. The fourth-order valence-corrected chi connectivity index (χ4v) is 3.67. The zero-order valence-electron chi connectivity index (χ0n) is 16.2. The van der Waals surface area contributed by atoms with E-state index >= 15 is 0 Å². The van der Waals surface area contributed by atoms with Gasteiger partial charge in [0.05, 0.1) is 24.5 Å². The van der Waals surface area contributed by atoms with Crippen molar-refractivity contribution in [3.05, 3.63) is 47.3 Å². The molecule has 28 heavy (non-hydrogen) atoms. The van der Waals surface area contributed by atoms with E-state index in [4.69, 9.17) is 4.74 Å². The van der Waals surface area contributed by atoms with Gasteiger partial charge in [-0.05, 0) is 24.1 Å². The Morgan fingerprint density at radius 3 is 2.89 bits per heavy atom. The standard InChI is InChI=1S/C20H25N5O3/c1-23(2)20(27)24-8-5-9-25-16(13-24)11-15(22-25)12-21-19(26)18-10-14-6-3-4-7-17(14)28-18/h3-4,6-7,11,18H,5,8-10,12-13H2,1-2H3,(H,21,26)/t18-/m0/s1. The molecule has 2 aliphatic heterocycles. The molecule has 148 valence electrons. The van der Waals surface area contributed by atoms with E-state index in [0.29, 0.717) is 26.1 Å². The number of carbonyl (C=O) groups excluding carboxylic acids is 2. The number of rotatable bonds is 3. The highest BCUT2D eigenvalue weighted by molar-refractivity contribution is 5.82. The van der Waals surface area contributed by atoms with E-state index < -0.39 is 6.10 Å². The minimum Gasteiger partial charge on any atom is -0.480 e. The normalized spacial score (nSPS) is 17.9. The molecular weight excluding hydrogens is 358 g/mol. The summed E-state index contributed by atoms with van der Waals surface area (Å²) in [4.78, 5) is 28.2. The zero-order chi connectivity index (χ0) is 19.7. The fourth-order valence-electron chi connectivity index (χ4n) is 3.67. The number of para-hydroxylation sites is 1. The average Bonchev–Trinajstić information content (AvgIpc) is 3.23. The van der Waals surface area contributed by atoms with Gasteiger partial charge in [0.1, 0.15) is 5.75 Å². The lowest BCUT2D eigenvalue weighted by atomic mass is 10.1. The summed E-state index contributed by atoms with van der Waals surface area (Å²) >= 11 is 0. The number of nitrogens with zero attached hydrogens (tertiary/aromatic N) is 4. The number of nitrogens with one attached hydrogen (secondary N) is 1. The van der Waals surface area contributed by atoms with Gasteiger partial charge in [-0.25, -0.2) is 4.79 Å². The Hall–Kier alpha value is -3.03. The second-order valence-electron chi connectivity index (χ2n) is 7.44. The van der Waals surface area contributed by atoms with Gasteiger partial charge in [-0.15, -0.1) is 0 Å². The Kier molecular flexibility index (Phi) is 4.93. The van der Waals surface area contributed by atoms with Gasteiger partial charge in [0.25, 0.3) is 5.91 Å². The highest BCUT2D eigenvalue weighted by atomic mass is 16.5. The van der Waals surface area contributed by atoms with Crippen LogP contribution in [0.5, 0.6) is 5.75 Å². The molecule has 0 unspecified atom stereocenters. The molecule has 0 aliphatic carbocycles. The lowest BCUT2D eigenvalue weighted by Gasteiger charge is -2.23. The van der Waals surface area contributed by atoms with Gasteiger partial charge in [-0.2, -0.15) is 5.10 Å². The number of fused-ring (bicyclic) bond motifs is 2. The molecule has 3 heterocycles. The topological polar surface area (TPSA) is 79.7 Å². The summed E-state index contributed by atoms with van der Waals surface area (Å²) in [6, 6.07) is 9.69. The Morgan fingerprint density at radius 2 is 2.11 bits per heavy atom. The summed E-state index contributed by atoms with van der Waals surface area (Å²) in [6.45, 7) is 2.35. The third-order valence-corrected chi connectivity index (χ3v) is 5.10. The number of aromatic nitrogens is 2. The van der Waals surface area contributed by atoms with Crippen molar-refractivity contribution in [2.75, 3.05) is 20.6 Å². The van der Waals surface area contributed by atoms with Crippen molar-refractivity contribution in [2.45, 2.75) is 38.6 Å². The molecule has 0 saturated heterocycles. The van der Waals surface area contributed by atoms with Crippen molar-refractivity contribution in [1.82, 2.24) is 24.9 Å². The Labute approximate surface area is 164 Å². The number of hydrogen-bond donors (Lipinski definition) is 1. The summed E-state index contributed by atoms with van der Waals surface area (Å²) in [7, 11) is 3.52. The van der Waals surface area contributed by atoms with E-state index in [1.165, 1.54) is 0 Å². The Balaban J connectivity index is 1.36. The first-order valence-electron chi connectivity index (χ1n) is 9.55. The highest BCUT2D eigenvalue weighted by Crippen LogP contribution is 2.28. The van der Waals surface area contributed by atoms with Crippen LogP contribution in [0.4, 0.5) is 4.79 Å². The summed E-state index contributed by atoms with van der Waals surface area (Å²) in [5.41, 5.74) is 2.83. The van der Waals surface area contributed by atoms with Gasteiger partial charge < -0.3 is 19.9 Å². The molecule has 1 aromatic heterocycles. The van der Waals surface area contributed by atoms with E-state index in [2.05, 4.69) is 10.4 Å². The van der Waals surface area contributed by atoms with Crippen LogP contribution in [0.25, 0.3) is 0 Å². The molecule has 1 aromatic carbocycles. The molecule has 2 aromatic rings. The molecular formula is C20H25N5O3. The third kappa shape index (κ3) is 3.67. The number of aryl methyl sites for hydroxylation is 1. The Bertz CT molecular complexity index is 867. The van der Waals surface area contributed by atoms with Crippen molar-refractivity contribution in [3.63, 3.8) is 0 Å². The van der Waals surface area contributed by atoms with E-state index in [1.54, 1.807) is 19.0 Å². The molecule has 0 saturated carbocycles. The van der Waals surface area contributed by atoms with Crippen LogP contribution in [-0.2, 0) is 30.8 Å². The van der Waals surface area contributed by atoms with Crippen molar-refractivity contribution in [2.24, 2.45) is 0 Å². The zero-order valence-corrected chi connectivity index (χ0v) is 16.2. The van der Waals surface area contributed by atoms with Crippen LogP contribution < -0.4 is 10.1 Å². The van der Waals surface area contributed by atoms with Crippen LogP contribution in [-0.4, -0.2) is 58.3 Å². The second kappa shape index (κ2) is 7.53. The fraction of sp³-hybridized carbons (Fsp3) is 0.450. The van der Waals surface area contributed by atoms with Crippen LogP contribution in [0.15, 0.2) is 30.3 Å². The molecule has 0 radical (unpaired) electrons. The quantitative estimate of drug-likeness (QED) is 0.869. The molecule has 4 rings (SSSR count). The monoisotopic (exact) mass is 383 g/mol. The molecule has 0 fully saturated rings. The maximum atomic E-state index is 12.5. The van der Waals surface area contributed by atoms with Crippen LogP contribution >= 0.6 is 0 Å². The highest BCUT2D eigenvalue weighted by Gasteiger charge is 2.29. The first-order chi connectivity index (χ1) is 13.5. The van der Waals surface area contributed by atoms with Gasteiger partial charge in [0.15, 0.2) is 6.10 Å². The van der Waals surface area contributed by atoms with Crippen LogP contribution in [0.1, 0.15) is 23.4 Å².